The number of phosphoric acid groups is 2. The molecule has 0 aliphatic heterocycles. The van der Waals surface area contributed by atoms with Crippen molar-refractivity contribution in [3.8, 4) is 0 Å². The van der Waals surface area contributed by atoms with Gasteiger partial charge in [-0.25, -0.2) is 9.13 Å². The van der Waals surface area contributed by atoms with Crippen molar-refractivity contribution in [1.82, 2.24) is 0 Å². The number of phosphoric ester groups is 2. The molecule has 0 amide bonds. The quantitative estimate of drug-likeness (QED) is 0.0222. The standard InChI is InChI=1S/C64H124O17P2/c1-8-10-11-12-13-24-31-38-45-61(66)74-51-60(81-64(69)48-41-34-27-20-22-29-36-43-56(5)6)54-79-83(72,73)77-50-58(65)49-76-82(70,71)78-53-59(52-75-62(67)46-39-32-25-19-18-23-30-37-44-57(7)9-2)80-63(68)47-40-33-26-17-15-14-16-21-28-35-42-55(3)4/h55-60,65H,8-54H2,1-7H3,(H,70,71)(H,72,73)/t57?,58-,59-,60-/m1/s1. The molecule has 3 unspecified atom stereocenters. The second-order valence-electron chi connectivity index (χ2n) is 24.3. The van der Waals surface area contributed by atoms with Crippen LogP contribution < -0.4 is 0 Å². The summed E-state index contributed by atoms with van der Waals surface area (Å²) in [5.74, 6) is 0.0857. The Kier molecular flexibility index (Phi) is 54.1. The number of rotatable bonds is 62. The molecule has 0 heterocycles. The Bertz CT molecular complexity index is 1650. The number of carbonyl (C=O) groups is 4. The first-order chi connectivity index (χ1) is 39.8. The third kappa shape index (κ3) is 57.6. The van der Waals surface area contributed by atoms with Gasteiger partial charge < -0.3 is 33.8 Å². The monoisotopic (exact) mass is 1230 g/mol. The van der Waals surface area contributed by atoms with Crippen LogP contribution in [-0.4, -0.2) is 96.7 Å². The van der Waals surface area contributed by atoms with Crippen LogP contribution in [0.3, 0.4) is 0 Å². The summed E-state index contributed by atoms with van der Waals surface area (Å²) in [7, 11) is -9.89. The number of hydrogen-bond donors (Lipinski definition) is 3. The summed E-state index contributed by atoms with van der Waals surface area (Å²) in [5, 5.41) is 10.5. The topological polar surface area (TPSA) is 237 Å². The van der Waals surface area contributed by atoms with Crippen molar-refractivity contribution >= 4 is 39.5 Å². The van der Waals surface area contributed by atoms with Crippen molar-refractivity contribution in [3.63, 3.8) is 0 Å². The molecule has 0 aromatic rings. The van der Waals surface area contributed by atoms with Gasteiger partial charge in [-0.05, 0) is 43.4 Å². The molecule has 6 atom stereocenters. The lowest BCUT2D eigenvalue weighted by Gasteiger charge is -2.21. The zero-order valence-electron chi connectivity index (χ0n) is 53.6. The molecule has 0 saturated carbocycles. The molecule has 3 N–H and O–H groups in total. The summed E-state index contributed by atoms with van der Waals surface area (Å²) in [6.07, 6.45) is 36.3. The summed E-state index contributed by atoms with van der Waals surface area (Å²) < 4.78 is 67.9. The molecule has 19 heteroatoms. The van der Waals surface area contributed by atoms with Crippen molar-refractivity contribution in [2.75, 3.05) is 39.6 Å². The van der Waals surface area contributed by atoms with Crippen LogP contribution in [0.2, 0.25) is 0 Å². The van der Waals surface area contributed by atoms with Crippen LogP contribution in [0, 0.1) is 17.8 Å². The molecule has 0 aliphatic carbocycles. The zero-order chi connectivity index (χ0) is 61.7. The highest BCUT2D eigenvalue weighted by atomic mass is 31.2. The molecular weight excluding hydrogens is 1100 g/mol. The molecule has 17 nitrogen and oxygen atoms in total. The summed E-state index contributed by atoms with van der Waals surface area (Å²) in [6, 6.07) is 0. The van der Waals surface area contributed by atoms with Crippen LogP contribution in [0.1, 0.15) is 312 Å². The average molecular weight is 1230 g/mol. The van der Waals surface area contributed by atoms with Gasteiger partial charge in [0.05, 0.1) is 26.4 Å². The van der Waals surface area contributed by atoms with Gasteiger partial charge in [0.25, 0.3) is 0 Å². The van der Waals surface area contributed by atoms with E-state index in [1.165, 1.54) is 116 Å². The van der Waals surface area contributed by atoms with E-state index in [0.29, 0.717) is 31.6 Å². The Balaban J connectivity index is 5.24. The molecule has 0 spiro atoms. The Morgan fingerprint density at radius 2 is 0.614 bits per heavy atom. The third-order valence-corrected chi connectivity index (χ3v) is 16.9. The number of aliphatic hydroxyl groups is 1. The first-order valence-corrected chi connectivity index (χ1v) is 36.4. The number of hydrogen-bond acceptors (Lipinski definition) is 15. The van der Waals surface area contributed by atoms with Crippen LogP contribution >= 0.6 is 15.6 Å². The molecule has 0 bridgehead atoms. The van der Waals surface area contributed by atoms with Gasteiger partial charge in [-0.1, -0.05) is 260 Å². The maximum absolute atomic E-state index is 13.0. The first-order valence-electron chi connectivity index (χ1n) is 33.4. The molecule has 0 fully saturated rings. The molecule has 83 heavy (non-hydrogen) atoms. The summed E-state index contributed by atoms with van der Waals surface area (Å²) in [6.45, 7) is 11.7. The van der Waals surface area contributed by atoms with Gasteiger partial charge in [0.2, 0.25) is 0 Å². The lowest BCUT2D eigenvalue weighted by molar-refractivity contribution is -0.161. The van der Waals surface area contributed by atoms with Crippen molar-refractivity contribution in [2.24, 2.45) is 17.8 Å². The van der Waals surface area contributed by atoms with E-state index in [2.05, 4.69) is 48.5 Å². The fourth-order valence-electron chi connectivity index (χ4n) is 9.45. The van der Waals surface area contributed by atoms with Crippen LogP contribution in [0.25, 0.3) is 0 Å². The van der Waals surface area contributed by atoms with E-state index in [1.807, 2.05) is 0 Å². The number of ether oxygens (including phenoxy) is 4. The minimum absolute atomic E-state index is 0.103. The fraction of sp³-hybridized carbons (Fsp3) is 0.938. The summed E-state index contributed by atoms with van der Waals surface area (Å²) in [4.78, 5) is 72.1. The van der Waals surface area contributed by atoms with Crippen LogP contribution in [0.15, 0.2) is 0 Å². The molecule has 0 aliphatic rings. The largest absolute Gasteiger partial charge is 0.472 e. The number of carbonyl (C=O) groups excluding carboxylic acids is 4. The van der Waals surface area contributed by atoms with Gasteiger partial charge >= 0.3 is 39.5 Å². The lowest BCUT2D eigenvalue weighted by Crippen LogP contribution is -2.30. The van der Waals surface area contributed by atoms with E-state index in [9.17, 15) is 43.2 Å². The van der Waals surface area contributed by atoms with Gasteiger partial charge in [0.15, 0.2) is 12.2 Å². The van der Waals surface area contributed by atoms with Crippen LogP contribution in [-0.2, 0) is 65.4 Å². The highest BCUT2D eigenvalue weighted by Crippen LogP contribution is 2.45. The zero-order valence-corrected chi connectivity index (χ0v) is 55.4. The molecule has 0 rings (SSSR count). The Morgan fingerprint density at radius 1 is 0.349 bits per heavy atom. The molecule has 0 radical (unpaired) electrons. The van der Waals surface area contributed by atoms with Crippen molar-refractivity contribution in [2.45, 2.75) is 330 Å². The Labute approximate surface area is 505 Å². The minimum Gasteiger partial charge on any atom is -0.462 e. The van der Waals surface area contributed by atoms with E-state index in [0.717, 1.165) is 108 Å². The van der Waals surface area contributed by atoms with E-state index in [1.54, 1.807) is 0 Å². The highest BCUT2D eigenvalue weighted by Gasteiger charge is 2.30. The van der Waals surface area contributed by atoms with Crippen molar-refractivity contribution in [1.29, 1.82) is 0 Å². The maximum Gasteiger partial charge on any atom is 0.472 e. The predicted molar refractivity (Wildman–Crippen MR) is 331 cm³/mol. The lowest BCUT2D eigenvalue weighted by atomic mass is 9.99. The molecule has 492 valence electrons. The minimum atomic E-state index is -4.95. The second-order valence-corrected chi connectivity index (χ2v) is 27.3. The fourth-order valence-corrected chi connectivity index (χ4v) is 11.0. The molecule has 0 saturated heterocycles. The van der Waals surface area contributed by atoms with Crippen LogP contribution in [0.5, 0.6) is 0 Å². The van der Waals surface area contributed by atoms with Gasteiger partial charge in [0, 0.05) is 25.7 Å². The normalized spacial score (nSPS) is 14.7. The SMILES string of the molecule is CCCCCCCCCCC(=O)OC[C@H](COP(=O)(O)OC[C@H](O)COP(=O)(O)OC[C@@H](COC(=O)CCCCCCCCCCC(C)CC)OC(=O)CCCCCCCCCCCCC(C)C)OC(=O)CCCCCCCCCC(C)C. The smallest absolute Gasteiger partial charge is 0.462 e. The predicted octanol–water partition coefficient (Wildman–Crippen LogP) is 17.5. The Morgan fingerprint density at radius 3 is 0.916 bits per heavy atom. The van der Waals surface area contributed by atoms with Crippen LogP contribution in [0.4, 0.5) is 0 Å². The summed E-state index contributed by atoms with van der Waals surface area (Å²) in [5.41, 5.74) is 0. The maximum atomic E-state index is 13.0. The van der Waals surface area contributed by atoms with Gasteiger partial charge in [-0.15, -0.1) is 0 Å². The second kappa shape index (κ2) is 55.4. The van der Waals surface area contributed by atoms with E-state index in [4.69, 9.17) is 37.0 Å². The molecule has 0 aromatic heterocycles. The van der Waals surface area contributed by atoms with E-state index >= 15 is 0 Å². The highest BCUT2D eigenvalue weighted by molar-refractivity contribution is 7.47. The van der Waals surface area contributed by atoms with E-state index in [-0.39, 0.29) is 25.7 Å². The summed E-state index contributed by atoms with van der Waals surface area (Å²) >= 11 is 0. The van der Waals surface area contributed by atoms with E-state index < -0.39 is 97.5 Å². The van der Waals surface area contributed by atoms with Crippen molar-refractivity contribution in [3.05, 3.63) is 0 Å². The number of unbranched alkanes of at least 4 members (excludes halogenated alkanes) is 29. The number of aliphatic hydroxyl groups excluding tert-OH is 1. The third-order valence-electron chi connectivity index (χ3n) is 15.0. The van der Waals surface area contributed by atoms with Gasteiger partial charge in [-0.2, -0.15) is 0 Å². The number of esters is 4. The van der Waals surface area contributed by atoms with Gasteiger partial charge in [0.1, 0.15) is 19.3 Å². The van der Waals surface area contributed by atoms with Crippen molar-refractivity contribution < 1.29 is 80.2 Å². The Hall–Kier alpha value is -1.94. The molecular formula is C64H124O17P2. The first kappa shape index (κ1) is 81.1. The van der Waals surface area contributed by atoms with Gasteiger partial charge in [-0.3, -0.25) is 37.3 Å². The average Bonchev–Trinajstić information content (AvgIpc) is 3.44. The molecule has 0 aromatic carbocycles.